The number of ether oxygens (including phenoxy) is 1. The molecule has 28 heavy (non-hydrogen) atoms. The molecule has 1 heterocycles. The first kappa shape index (κ1) is 19.2. The van der Waals surface area contributed by atoms with E-state index in [0.29, 0.717) is 12.6 Å². The Bertz CT molecular complexity index is 815. The van der Waals surface area contributed by atoms with E-state index in [1.807, 2.05) is 6.07 Å². The van der Waals surface area contributed by atoms with Gasteiger partial charge in [0.2, 0.25) is 5.79 Å². The van der Waals surface area contributed by atoms with Gasteiger partial charge in [0.05, 0.1) is 6.61 Å². The highest BCUT2D eigenvalue weighted by atomic mass is 17.2. The Morgan fingerprint density at radius 2 is 1.82 bits per heavy atom. The normalized spacial score (nSPS) is 27.5. The van der Waals surface area contributed by atoms with Crippen LogP contribution in [0.15, 0.2) is 55.1 Å². The number of nitrogens with one attached hydrogen (secondary N) is 1. The molecule has 1 saturated carbocycles. The summed E-state index contributed by atoms with van der Waals surface area (Å²) < 4.78 is 6.19. The number of hydrogen-bond acceptors (Lipinski definition) is 4. The maximum Gasteiger partial charge on any atom is 0.201 e. The van der Waals surface area contributed by atoms with Crippen molar-refractivity contribution < 1.29 is 14.5 Å². The fourth-order valence-electron chi connectivity index (χ4n) is 4.13. The van der Waals surface area contributed by atoms with E-state index in [4.69, 9.17) is 14.5 Å². The van der Waals surface area contributed by atoms with Gasteiger partial charge in [0.15, 0.2) is 0 Å². The summed E-state index contributed by atoms with van der Waals surface area (Å²) in [6, 6.07) is 17.1. The van der Waals surface area contributed by atoms with Crippen LogP contribution >= 0.6 is 0 Å². The Labute approximate surface area is 167 Å². The molecule has 1 N–H and O–H groups in total. The smallest absolute Gasteiger partial charge is 0.201 e. The fraction of sp³-hybridized carbons (Fsp3) is 0.417. The van der Waals surface area contributed by atoms with Crippen molar-refractivity contribution in [2.24, 2.45) is 0 Å². The molecule has 4 rings (SSSR count). The minimum Gasteiger partial charge on any atom is -0.382 e. The third-order valence-corrected chi connectivity index (χ3v) is 5.82. The van der Waals surface area contributed by atoms with Crippen molar-refractivity contribution in [2.75, 3.05) is 11.9 Å². The molecule has 0 bridgehead atoms. The van der Waals surface area contributed by atoms with E-state index in [1.54, 1.807) is 0 Å². The molecule has 1 aliphatic heterocycles. The molecule has 0 aromatic heterocycles. The summed E-state index contributed by atoms with van der Waals surface area (Å²) in [5.74, 6) is -0.617. The van der Waals surface area contributed by atoms with Crippen molar-refractivity contribution in [3.63, 3.8) is 0 Å². The number of anilines is 1. The first-order valence-corrected chi connectivity index (χ1v) is 10.1. The maximum absolute atomic E-state index is 6.19. The van der Waals surface area contributed by atoms with Gasteiger partial charge in [-0.1, -0.05) is 48.5 Å². The van der Waals surface area contributed by atoms with Gasteiger partial charge in [-0.25, -0.2) is 9.78 Å². The van der Waals surface area contributed by atoms with Crippen LogP contribution in [-0.4, -0.2) is 24.5 Å². The monoisotopic (exact) mass is 379 g/mol. The second-order valence-electron chi connectivity index (χ2n) is 8.02. The first-order chi connectivity index (χ1) is 13.5. The van der Waals surface area contributed by atoms with Crippen molar-refractivity contribution >= 4 is 11.3 Å². The molecule has 4 nitrogen and oxygen atoms in total. The first-order valence-electron chi connectivity index (χ1n) is 10.1. The van der Waals surface area contributed by atoms with E-state index >= 15 is 0 Å². The minimum absolute atomic E-state index is 0.271. The van der Waals surface area contributed by atoms with Gasteiger partial charge in [-0.05, 0) is 55.5 Å². The molecule has 1 aliphatic carbocycles. The summed E-state index contributed by atoms with van der Waals surface area (Å²) in [5.41, 5.74) is 5.61. The average molecular weight is 380 g/mol. The molecule has 2 aliphatic rings. The molecule has 1 unspecified atom stereocenters. The van der Waals surface area contributed by atoms with Gasteiger partial charge in [0, 0.05) is 24.6 Å². The van der Waals surface area contributed by atoms with Crippen LogP contribution in [0.1, 0.15) is 42.4 Å². The van der Waals surface area contributed by atoms with Gasteiger partial charge in [-0.2, -0.15) is 0 Å². The topological polar surface area (TPSA) is 39.7 Å². The van der Waals surface area contributed by atoms with Crippen molar-refractivity contribution in [1.82, 2.24) is 0 Å². The Hall–Kier alpha value is -2.14. The molecule has 148 valence electrons. The molecule has 1 atom stereocenters. The zero-order valence-electron chi connectivity index (χ0n) is 16.7. The lowest BCUT2D eigenvalue weighted by Gasteiger charge is -2.43. The van der Waals surface area contributed by atoms with E-state index in [-0.39, 0.29) is 6.10 Å². The predicted octanol–water partition coefficient (Wildman–Crippen LogP) is 5.41. The highest BCUT2D eigenvalue weighted by Crippen LogP contribution is 2.39. The van der Waals surface area contributed by atoms with E-state index in [9.17, 15) is 0 Å². The van der Waals surface area contributed by atoms with Crippen LogP contribution in [0.4, 0.5) is 5.69 Å². The largest absolute Gasteiger partial charge is 0.382 e. The van der Waals surface area contributed by atoms with Gasteiger partial charge >= 0.3 is 0 Å². The van der Waals surface area contributed by atoms with Gasteiger partial charge in [0.25, 0.3) is 0 Å². The van der Waals surface area contributed by atoms with Gasteiger partial charge < -0.3 is 10.1 Å². The van der Waals surface area contributed by atoms with Crippen LogP contribution in [0.2, 0.25) is 0 Å². The summed E-state index contributed by atoms with van der Waals surface area (Å²) in [7, 11) is 0. The third kappa shape index (κ3) is 4.14. The Morgan fingerprint density at radius 3 is 2.46 bits per heavy atom. The lowest BCUT2D eigenvalue weighted by molar-refractivity contribution is -0.483. The van der Waals surface area contributed by atoms with Gasteiger partial charge in [0.1, 0.15) is 6.10 Å². The summed E-state index contributed by atoms with van der Waals surface area (Å²) in [4.78, 5) is 11.6. The molecule has 1 spiro atoms. The fourth-order valence-corrected chi connectivity index (χ4v) is 4.13. The molecular weight excluding hydrogens is 350 g/mol. The number of rotatable bonds is 4. The second-order valence-corrected chi connectivity index (χ2v) is 8.02. The molecule has 2 aromatic rings. The lowest BCUT2D eigenvalue weighted by atomic mass is 9.89. The molecule has 1 saturated heterocycles. The second kappa shape index (κ2) is 8.08. The van der Waals surface area contributed by atoms with Crippen LogP contribution in [0.25, 0.3) is 5.57 Å². The quantitative estimate of drug-likeness (QED) is 0.721. The number of aryl methyl sites for hydroxylation is 2. The zero-order chi connectivity index (χ0) is 19.6. The SMILES string of the molecule is C=C(c1ccc(C)cc1C)C1COC2(CCC(Nc3ccccc3)CC2)OO1. The molecular formula is C24H29NO3. The molecule has 0 radical (unpaired) electrons. The molecule has 2 aromatic carbocycles. The Morgan fingerprint density at radius 1 is 1.07 bits per heavy atom. The number of para-hydroxylation sites is 1. The summed E-state index contributed by atoms with van der Waals surface area (Å²) in [5, 5.41) is 3.60. The standard InChI is InChI=1S/C24H29NO3/c1-17-9-10-22(18(2)15-17)19(3)23-16-26-24(28-27-23)13-11-21(12-14-24)25-20-7-5-4-6-8-20/h4-10,15,21,23,25H,3,11-14,16H2,1-2H3. The Balaban J connectivity index is 1.31. The number of hydrogen-bond donors (Lipinski definition) is 1. The van der Waals surface area contributed by atoms with Crippen LogP contribution in [0.3, 0.4) is 0 Å². The maximum atomic E-state index is 6.19. The summed E-state index contributed by atoms with van der Waals surface area (Å²) in [6.45, 7) is 8.90. The van der Waals surface area contributed by atoms with Gasteiger partial charge in [-0.3, -0.25) is 0 Å². The molecule has 2 fully saturated rings. The van der Waals surface area contributed by atoms with E-state index in [1.165, 1.54) is 11.1 Å². The van der Waals surface area contributed by atoms with Crippen molar-refractivity contribution in [3.8, 4) is 0 Å². The zero-order valence-corrected chi connectivity index (χ0v) is 16.7. The highest BCUT2D eigenvalue weighted by molar-refractivity contribution is 5.69. The van der Waals surface area contributed by atoms with E-state index in [0.717, 1.165) is 42.5 Å². The van der Waals surface area contributed by atoms with E-state index < -0.39 is 5.79 Å². The minimum atomic E-state index is -0.617. The highest BCUT2D eigenvalue weighted by Gasteiger charge is 2.43. The van der Waals surface area contributed by atoms with Crippen LogP contribution in [-0.2, 0) is 14.5 Å². The molecule has 0 amide bonds. The van der Waals surface area contributed by atoms with Crippen molar-refractivity contribution in [1.29, 1.82) is 0 Å². The third-order valence-electron chi connectivity index (χ3n) is 5.82. The van der Waals surface area contributed by atoms with Gasteiger partial charge in [-0.15, -0.1) is 0 Å². The van der Waals surface area contributed by atoms with Crippen LogP contribution < -0.4 is 5.32 Å². The van der Waals surface area contributed by atoms with Crippen LogP contribution in [0, 0.1) is 13.8 Å². The number of benzene rings is 2. The van der Waals surface area contributed by atoms with Crippen molar-refractivity contribution in [3.05, 3.63) is 71.8 Å². The average Bonchev–Trinajstić information content (AvgIpc) is 2.71. The van der Waals surface area contributed by atoms with E-state index in [2.05, 4.69) is 68.2 Å². The summed E-state index contributed by atoms with van der Waals surface area (Å²) >= 11 is 0. The Kier molecular flexibility index (Phi) is 5.54. The van der Waals surface area contributed by atoms with Crippen molar-refractivity contribution in [2.45, 2.75) is 57.5 Å². The summed E-state index contributed by atoms with van der Waals surface area (Å²) in [6.07, 6.45) is 3.34. The molecule has 4 heteroatoms. The predicted molar refractivity (Wildman–Crippen MR) is 112 cm³/mol. The lowest BCUT2D eigenvalue weighted by Crippen LogP contribution is -2.49. The van der Waals surface area contributed by atoms with Crippen LogP contribution in [0.5, 0.6) is 0 Å².